The van der Waals surface area contributed by atoms with Crippen molar-refractivity contribution in [3.8, 4) is 5.75 Å². The third kappa shape index (κ3) is 3.47. The summed E-state index contributed by atoms with van der Waals surface area (Å²) in [7, 11) is 0. The second kappa shape index (κ2) is 5.87. The highest BCUT2D eigenvalue weighted by Crippen LogP contribution is 2.18. The van der Waals surface area contributed by atoms with E-state index in [0.29, 0.717) is 18.2 Å². The van der Waals surface area contributed by atoms with Gasteiger partial charge in [0, 0.05) is 12.5 Å². The highest BCUT2D eigenvalue weighted by molar-refractivity contribution is 5.79. The summed E-state index contributed by atoms with van der Waals surface area (Å²) in [6.45, 7) is 3.01. The zero-order valence-corrected chi connectivity index (χ0v) is 10.7. The van der Waals surface area contributed by atoms with Crippen LogP contribution in [0.5, 0.6) is 5.75 Å². The van der Waals surface area contributed by atoms with Crippen LogP contribution in [0.3, 0.4) is 0 Å². The van der Waals surface area contributed by atoms with Crippen LogP contribution in [0.15, 0.2) is 24.3 Å². The van der Waals surface area contributed by atoms with Crippen LogP contribution in [-0.2, 0) is 4.79 Å². The third-order valence-corrected chi connectivity index (χ3v) is 3.25. The molecule has 1 unspecified atom stereocenters. The average Bonchev–Trinajstić information content (AvgIpc) is 2.81. The summed E-state index contributed by atoms with van der Waals surface area (Å²) in [6.07, 6.45) is 2.33. The van der Waals surface area contributed by atoms with E-state index in [-0.39, 0.29) is 0 Å². The Kier molecular flexibility index (Phi) is 4.20. The summed E-state index contributed by atoms with van der Waals surface area (Å²) in [5.41, 5.74) is 6.52. The van der Waals surface area contributed by atoms with E-state index < -0.39 is 12.0 Å². The van der Waals surface area contributed by atoms with Crippen molar-refractivity contribution in [2.24, 2.45) is 5.73 Å². The first kappa shape index (κ1) is 12.9. The van der Waals surface area contributed by atoms with Crippen molar-refractivity contribution in [2.75, 3.05) is 6.54 Å². The van der Waals surface area contributed by atoms with E-state index >= 15 is 0 Å². The van der Waals surface area contributed by atoms with E-state index in [2.05, 4.69) is 5.32 Å². The number of hydrogen-bond donors (Lipinski definition) is 2. The second-order valence-electron chi connectivity index (χ2n) is 4.85. The molecule has 98 valence electrons. The fraction of sp³-hybridized carbons (Fsp3) is 0.500. The van der Waals surface area contributed by atoms with Gasteiger partial charge in [0.25, 0.3) is 5.91 Å². The lowest BCUT2D eigenvalue weighted by molar-refractivity contribution is -0.125. The SMILES string of the molecule is Cc1cccc(O[C@H](CC2CCCN2)C(N)=O)c1. The summed E-state index contributed by atoms with van der Waals surface area (Å²) >= 11 is 0. The standard InChI is InChI=1S/C14H20N2O2/c1-10-4-2-6-12(8-10)18-13(14(15)17)9-11-5-3-7-16-11/h2,4,6,8,11,13,16H,3,5,7,9H2,1H3,(H2,15,17)/t11?,13-/m1/s1. The average molecular weight is 248 g/mol. The van der Waals surface area contributed by atoms with Crippen LogP contribution in [-0.4, -0.2) is 24.6 Å². The molecule has 4 heteroatoms. The van der Waals surface area contributed by atoms with Crippen LogP contribution in [0.4, 0.5) is 0 Å². The molecular formula is C14H20N2O2. The van der Waals surface area contributed by atoms with E-state index in [0.717, 1.165) is 24.9 Å². The van der Waals surface area contributed by atoms with Gasteiger partial charge in [-0.25, -0.2) is 0 Å². The molecule has 1 aliphatic heterocycles. The Morgan fingerprint density at radius 1 is 1.61 bits per heavy atom. The Morgan fingerprint density at radius 2 is 2.44 bits per heavy atom. The lowest BCUT2D eigenvalue weighted by atomic mass is 10.1. The van der Waals surface area contributed by atoms with Crippen LogP contribution in [0.1, 0.15) is 24.8 Å². The molecule has 1 aromatic rings. The van der Waals surface area contributed by atoms with Gasteiger partial charge in [0.1, 0.15) is 5.75 Å². The van der Waals surface area contributed by atoms with Crippen molar-refractivity contribution in [3.05, 3.63) is 29.8 Å². The highest BCUT2D eigenvalue weighted by atomic mass is 16.5. The van der Waals surface area contributed by atoms with E-state index in [4.69, 9.17) is 10.5 Å². The van der Waals surface area contributed by atoms with Crippen molar-refractivity contribution in [1.29, 1.82) is 0 Å². The lowest BCUT2D eigenvalue weighted by Crippen LogP contribution is -2.39. The number of amides is 1. The van der Waals surface area contributed by atoms with Gasteiger partial charge in [0.2, 0.25) is 0 Å². The molecule has 18 heavy (non-hydrogen) atoms. The molecule has 2 atom stereocenters. The minimum atomic E-state index is -0.553. The minimum Gasteiger partial charge on any atom is -0.481 e. The molecule has 1 aromatic carbocycles. The normalized spacial score (nSPS) is 20.6. The number of carbonyl (C=O) groups is 1. The lowest BCUT2D eigenvalue weighted by Gasteiger charge is -2.19. The molecule has 1 aliphatic rings. The van der Waals surface area contributed by atoms with Gasteiger partial charge < -0.3 is 15.8 Å². The summed E-state index contributed by atoms with van der Waals surface area (Å²) < 4.78 is 5.70. The smallest absolute Gasteiger partial charge is 0.258 e. The van der Waals surface area contributed by atoms with Crippen molar-refractivity contribution >= 4 is 5.91 Å². The first-order valence-corrected chi connectivity index (χ1v) is 6.41. The largest absolute Gasteiger partial charge is 0.481 e. The third-order valence-electron chi connectivity index (χ3n) is 3.25. The van der Waals surface area contributed by atoms with Crippen LogP contribution < -0.4 is 15.8 Å². The number of nitrogens with two attached hydrogens (primary N) is 1. The number of nitrogens with one attached hydrogen (secondary N) is 1. The second-order valence-corrected chi connectivity index (χ2v) is 4.85. The quantitative estimate of drug-likeness (QED) is 0.827. The number of benzene rings is 1. The van der Waals surface area contributed by atoms with Gasteiger partial charge in [0.15, 0.2) is 6.10 Å². The predicted molar refractivity (Wildman–Crippen MR) is 70.4 cm³/mol. The van der Waals surface area contributed by atoms with Crippen molar-refractivity contribution in [1.82, 2.24) is 5.32 Å². The van der Waals surface area contributed by atoms with Crippen LogP contribution in [0, 0.1) is 6.92 Å². The molecule has 3 N–H and O–H groups in total. The number of primary amides is 1. The molecule has 2 rings (SSSR count). The van der Waals surface area contributed by atoms with Crippen molar-refractivity contribution < 1.29 is 9.53 Å². The number of aryl methyl sites for hydroxylation is 1. The first-order chi connectivity index (χ1) is 8.65. The Morgan fingerprint density at radius 3 is 3.06 bits per heavy atom. The topological polar surface area (TPSA) is 64.3 Å². The molecule has 1 saturated heterocycles. The molecule has 0 radical (unpaired) electrons. The van der Waals surface area contributed by atoms with E-state index in [1.54, 1.807) is 0 Å². The molecule has 0 saturated carbocycles. The van der Waals surface area contributed by atoms with E-state index in [1.807, 2.05) is 31.2 Å². The van der Waals surface area contributed by atoms with Gasteiger partial charge >= 0.3 is 0 Å². The van der Waals surface area contributed by atoms with Gasteiger partial charge in [-0.1, -0.05) is 12.1 Å². The van der Waals surface area contributed by atoms with E-state index in [1.165, 1.54) is 0 Å². The molecule has 1 amide bonds. The predicted octanol–water partition coefficient (Wildman–Crippen LogP) is 1.37. The number of hydrogen-bond acceptors (Lipinski definition) is 3. The molecule has 0 spiro atoms. The number of carbonyl (C=O) groups excluding carboxylic acids is 1. The molecule has 1 fully saturated rings. The number of ether oxygens (including phenoxy) is 1. The van der Waals surface area contributed by atoms with Crippen LogP contribution >= 0.6 is 0 Å². The first-order valence-electron chi connectivity index (χ1n) is 6.41. The monoisotopic (exact) mass is 248 g/mol. The summed E-state index contributed by atoms with van der Waals surface area (Å²) in [4.78, 5) is 11.4. The van der Waals surface area contributed by atoms with E-state index in [9.17, 15) is 4.79 Å². The molecule has 0 aromatic heterocycles. The Labute approximate surface area is 108 Å². The molecule has 1 heterocycles. The van der Waals surface area contributed by atoms with Gasteiger partial charge in [-0.05, 0) is 44.0 Å². The maximum absolute atomic E-state index is 11.4. The van der Waals surface area contributed by atoms with Gasteiger partial charge in [-0.3, -0.25) is 4.79 Å². The summed E-state index contributed by atoms with van der Waals surface area (Å²) in [5.74, 6) is 0.307. The zero-order valence-electron chi connectivity index (χ0n) is 10.7. The van der Waals surface area contributed by atoms with Gasteiger partial charge in [0.05, 0.1) is 0 Å². The summed E-state index contributed by atoms with van der Waals surface area (Å²) in [5, 5.41) is 3.35. The maximum atomic E-state index is 11.4. The Balaban J connectivity index is 1.99. The van der Waals surface area contributed by atoms with Crippen molar-refractivity contribution in [3.63, 3.8) is 0 Å². The fourth-order valence-electron chi connectivity index (χ4n) is 2.29. The summed E-state index contributed by atoms with van der Waals surface area (Å²) in [6, 6.07) is 8.01. The highest BCUT2D eigenvalue weighted by Gasteiger charge is 2.24. The van der Waals surface area contributed by atoms with Crippen LogP contribution in [0.2, 0.25) is 0 Å². The van der Waals surface area contributed by atoms with Crippen LogP contribution in [0.25, 0.3) is 0 Å². The molecule has 0 bridgehead atoms. The fourth-order valence-corrected chi connectivity index (χ4v) is 2.29. The Hall–Kier alpha value is -1.55. The maximum Gasteiger partial charge on any atom is 0.258 e. The molecular weight excluding hydrogens is 228 g/mol. The number of rotatable bonds is 5. The molecule has 0 aliphatic carbocycles. The van der Waals surface area contributed by atoms with Gasteiger partial charge in [-0.2, -0.15) is 0 Å². The minimum absolute atomic E-state index is 0.340. The Bertz CT molecular complexity index is 414. The molecule has 4 nitrogen and oxygen atoms in total. The zero-order chi connectivity index (χ0) is 13.0. The van der Waals surface area contributed by atoms with Crippen molar-refractivity contribution in [2.45, 2.75) is 38.3 Å². The van der Waals surface area contributed by atoms with Gasteiger partial charge in [-0.15, -0.1) is 0 Å².